The topological polar surface area (TPSA) is 57.5 Å². The average molecular weight is 478 g/mol. The molecule has 180 valence electrons. The third-order valence-electron chi connectivity index (χ3n) is 6.42. The quantitative estimate of drug-likeness (QED) is 0.237. The van der Waals surface area contributed by atoms with Crippen molar-refractivity contribution >= 4 is 34.5 Å². The highest BCUT2D eigenvalue weighted by molar-refractivity contribution is 6.05. The maximum Gasteiger partial charge on any atom is 0.343 e. The van der Waals surface area contributed by atoms with Crippen molar-refractivity contribution in [3.05, 3.63) is 112 Å². The van der Waals surface area contributed by atoms with Gasteiger partial charge in [-0.25, -0.2) is 9.59 Å². The monoisotopic (exact) mass is 477 g/mol. The summed E-state index contributed by atoms with van der Waals surface area (Å²) in [6.07, 6.45) is 3.67. The van der Waals surface area contributed by atoms with E-state index in [1.807, 2.05) is 50.3 Å². The number of carbonyl (C=O) groups is 2. The summed E-state index contributed by atoms with van der Waals surface area (Å²) in [5.41, 5.74) is 6.96. The number of hydrogen-bond donors (Lipinski definition) is 0. The second kappa shape index (κ2) is 9.34. The van der Waals surface area contributed by atoms with Crippen LogP contribution in [0.25, 0.3) is 28.3 Å². The van der Waals surface area contributed by atoms with Crippen LogP contribution in [0.1, 0.15) is 45.4 Å². The highest BCUT2D eigenvalue weighted by Gasteiger charge is 2.23. The summed E-state index contributed by atoms with van der Waals surface area (Å²) in [4.78, 5) is 24.7. The van der Waals surface area contributed by atoms with Gasteiger partial charge in [0.05, 0.1) is 17.7 Å². The number of hydrogen-bond acceptors (Lipinski definition) is 4. The summed E-state index contributed by atoms with van der Waals surface area (Å²) in [5.74, 6) is -0.144. The summed E-state index contributed by atoms with van der Waals surface area (Å²) in [6.45, 7) is 8.22. The molecule has 5 rings (SSSR count). The molecule has 0 amide bonds. The molecule has 0 saturated heterocycles. The smallest absolute Gasteiger partial charge is 0.343 e. The van der Waals surface area contributed by atoms with Crippen LogP contribution in [0.4, 0.5) is 0 Å². The Labute approximate surface area is 210 Å². The van der Waals surface area contributed by atoms with Gasteiger partial charge in [-0.3, -0.25) is 0 Å². The Morgan fingerprint density at radius 1 is 0.944 bits per heavy atom. The van der Waals surface area contributed by atoms with Gasteiger partial charge in [-0.1, -0.05) is 35.9 Å². The predicted octanol–water partition coefficient (Wildman–Crippen LogP) is 6.71. The molecule has 0 saturated carbocycles. The van der Waals surface area contributed by atoms with E-state index in [0.717, 1.165) is 39.0 Å². The van der Waals surface area contributed by atoms with Crippen molar-refractivity contribution in [2.24, 2.45) is 0 Å². The molecule has 0 unspecified atom stereocenters. The zero-order chi connectivity index (χ0) is 25.4. The number of carbonyl (C=O) groups excluding carboxylic acids is 2. The van der Waals surface area contributed by atoms with Crippen molar-refractivity contribution in [3.63, 3.8) is 0 Å². The van der Waals surface area contributed by atoms with Crippen LogP contribution in [-0.4, -0.2) is 23.1 Å². The fraction of sp³-hybridized carbons (Fsp3) is 0.161. The summed E-state index contributed by atoms with van der Waals surface area (Å²) in [7, 11) is 0. The normalized spacial score (nSPS) is 14.3. The van der Waals surface area contributed by atoms with Crippen LogP contribution in [0.2, 0.25) is 0 Å². The first kappa shape index (κ1) is 23.4. The Hall–Kier alpha value is -4.38. The van der Waals surface area contributed by atoms with Crippen molar-refractivity contribution < 1.29 is 19.1 Å². The molecule has 4 aromatic rings. The van der Waals surface area contributed by atoms with E-state index in [4.69, 9.17) is 9.47 Å². The third kappa shape index (κ3) is 4.36. The molecule has 2 heterocycles. The van der Waals surface area contributed by atoms with Crippen LogP contribution in [0, 0.1) is 20.8 Å². The largest absolute Gasteiger partial charge is 0.462 e. The number of aryl methyl sites for hydroxylation is 2. The fourth-order valence-electron chi connectivity index (χ4n) is 4.61. The number of ether oxygens (including phenoxy) is 2. The molecule has 1 aromatic heterocycles. The summed E-state index contributed by atoms with van der Waals surface area (Å²) in [5, 5.41) is 2.26. The van der Waals surface area contributed by atoms with Gasteiger partial charge in [0, 0.05) is 22.6 Å². The third-order valence-corrected chi connectivity index (χ3v) is 6.42. The Balaban J connectivity index is 1.45. The fourth-order valence-corrected chi connectivity index (χ4v) is 4.61. The molecule has 5 heteroatoms. The van der Waals surface area contributed by atoms with E-state index in [2.05, 4.69) is 35.8 Å². The van der Waals surface area contributed by atoms with Crippen LogP contribution >= 0.6 is 0 Å². The molecule has 3 aromatic carbocycles. The van der Waals surface area contributed by atoms with Gasteiger partial charge in [0.15, 0.2) is 0 Å². The van der Waals surface area contributed by atoms with Gasteiger partial charge in [-0.05, 0) is 92.6 Å². The van der Waals surface area contributed by atoms with Crippen LogP contribution in [-0.2, 0) is 14.3 Å². The SMILES string of the molecule is CCOC(=O)c1ccc(-n2c(C)cc(/C=C3/C=C(c4ccc5cc(C)ccc5c4)OC3=O)c2C)cc1. The Kier molecular flexibility index (Phi) is 6.06. The minimum Gasteiger partial charge on any atom is -0.462 e. The van der Waals surface area contributed by atoms with Crippen molar-refractivity contribution in [2.75, 3.05) is 6.61 Å². The molecule has 1 aliphatic rings. The van der Waals surface area contributed by atoms with E-state index in [1.165, 1.54) is 5.56 Å². The minimum absolute atomic E-state index is 0.334. The first-order valence-electron chi connectivity index (χ1n) is 12.0. The first-order chi connectivity index (χ1) is 17.3. The van der Waals surface area contributed by atoms with Crippen LogP contribution in [0.15, 0.2) is 78.4 Å². The number of benzene rings is 3. The lowest BCUT2D eigenvalue weighted by molar-refractivity contribution is -0.130. The molecule has 5 nitrogen and oxygen atoms in total. The van der Waals surface area contributed by atoms with Crippen LogP contribution in [0.5, 0.6) is 0 Å². The highest BCUT2D eigenvalue weighted by atomic mass is 16.5. The molecule has 0 fully saturated rings. The lowest BCUT2D eigenvalue weighted by Gasteiger charge is -2.10. The van der Waals surface area contributed by atoms with E-state index in [-0.39, 0.29) is 11.9 Å². The first-order valence-corrected chi connectivity index (χ1v) is 12.0. The molecule has 0 radical (unpaired) electrons. The lowest BCUT2D eigenvalue weighted by Crippen LogP contribution is -2.05. The van der Waals surface area contributed by atoms with Crippen molar-refractivity contribution in [3.8, 4) is 5.69 Å². The maximum atomic E-state index is 12.7. The van der Waals surface area contributed by atoms with Gasteiger partial charge < -0.3 is 14.0 Å². The standard InChI is InChI=1S/C31H27NO4/c1-5-35-30(33)22-10-12-28(13-11-22)32-20(3)15-26(21(32)4)17-27-18-29(36-31(27)34)25-9-8-23-14-19(2)6-7-24(23)16-25/h6-18H,5H2,1-4H3/b27-17-. The van der Waals surface area contributed by atoms with Crippen molar-refractivity contribution in [1.82, 2.24) is 4.57 Å². The second-order valence-corrected chi connectivity index (χ2v) is 8.99. The minimum atomic E-state index is -0.363. The molecule has 36 heavy (non-hydrogen) atoms. The van der Waals surface area contributed by atoms with Gasteiger partial charge in [0.2, 0.25) is 0 Å². The number of cyclic esters (lactones) is 1. The van der Waals surface area contributed by atoms with E-state index >= 15 is 0 Å². The average Bonchev–Trinajstić information content (AvgIpc) is 3.37. The summed E-state index contributed by atoms with van der Waals surface area (Å²) in [6, 6.07) is 21.7. The zero-order valence-electron chi connectivity index (χ0n) is 20.8. The lowest BCUT2D eigenvalue weighted by atomic mass is 10.0. The molecule has 0 N–H and O–H groups in total. The van der Waals surface area contributed by atoms with E-state index < -0.39 is 0 Å². The Bertz CT molecular complexity index is 1570. The van der Waals surface area contributed by atoms with Crippen LogP contribution < -0.4 is 0 Å². The van der Waals surface area contributed by atoms with Gasteiger partial charge >= 0.3 is 11.9 Å². The number of nitrogens with zero attached hydrogens (tertiary/aromatic N) is 1. The molecular formula is C31H27NO4. The summed E-state index contributed by atoms with van der Waals surface area (Å²) >= 11 is 0. The molecule has 0 bridgehead atoms. The van der Waals surface area contributed by atoms with Gasteiger partial charge in [0.1, 0.15) is 5.76 Å². The molecule has 0 atom stereocenters. The molecular weight excluding hydrogens is 450 g/mol. The second-order valence-electron chi connectivity index (χ2n) is 8.99. The van der Waals surface area contributed by atoms with Crippen LogP contribution in [0.3, 0.4) is 0 Å². The van der Waals surface area contributed by atoms with Gasteiger partial charge in [0.25, 0.3) is 0 Å². The highest BCUT2D eigenvalue weighted by Crippen LogP contribution is 2.31. The number of esters is 2. The van der Waals surface area contributed by atoms with Crippen molar-refractivity contribution in [1.29, 1.82) is 0 Å². The Morgan fingerprint density at radius 3 is 2.42 bits per heavy atom. The number of fused-ring (bicyclic) bond motifs is 1. The molecule has 1 aliphatic heterocycles. The predicted molar refractivity (Wildman–Crippen MR) is 142 cm³/mol. The Morgan fingerprint density at radius 2 is 1.67 bits per heavy atom. The zero-order valence-corrected chi connectivity index (χ0v) is 20.8. The molecule has 0 spiro atoms. The number of aromatic nitrogens is 1. The van der Waals surface area contributed by atoms with E-state index in [0.29, 0.717) is 23.5 Å². The summed E-state index contributed by atoms with van der Waals surface area (Å²) < 4.78 is 12.8. The number of rotatable bonds is 5. The van der Waals surface area contributed by atoms with Crippen molar-refractivity contribution in [2.45, 2.75) is 27.7 Å². The molecule has 0 aliphatic carbocycles. The maximum absolute atomic E-state index is 12.7. The van der Waals surface area contributed by atoms with E-state index in [1.54, 1.807) is 25.1 Å². The van der Waals surface area contributed by atoms with E-state index in [9.17, 15) is 9.59 Å². The van der Waals surface area contributed by atoms with Gasteiger partial charge in [-0.15, -0.1) is 0 Å². The van der Waals surface area contributed by atoms with Gasteiger partial charge in [-0.2, -0.15) is 0 Å².